The highest BCUT2D eigenvalue weighted by Crippen LogP contribution is 2.14. The number of carbonyl (C=O) groups excluding carboxylic acids is 2. The molecule has 0 fully saturated rings. The molecular formula is C18H23N3O3. The van der Waals surface area contributed by atoms with Crippen LogP contribution in [0.3, 0.4) is 0 Å². The second-order valence-corrected chi connectivity index (χ2v) is 5.59. The van der Waals surface area contributed by atoms with Gasteiger partial charge in [0.2, 0.25) is 0 Å². The van der Waals surface area contributed by atoms with Gasteiger partial charge >= 0.3 is 0 Å². The Hall–Kier alpha value is -2.76. The standard InChI is InChI=1S/C18H23N3O3/c1-4-21-12(2)11-16(13(21)3)18(24)20-10-9-19-17(23)14-5-7-15(22)8-6-14/h5-8,11,22H,4,9-10H2,1-3H3,(H,19,23)(H,20,24). The minimum atomic E-state index is -0.242. The SMILES string of the molecule is CCn1c(C)cc(C(=O)NCCNC(=O)c2ccc(O)cc2)c1C. The van der Waals surface area contributed by atoms with Gasteiger partial charge in [-0.3, -0.25) is 9.59 Å². The maximum absolute atomic E-state index is 12.2. The predicted octanol–water partition coefficient (Wildman–Crippen LogP) is 1.99. The molecule has 2 rings (SSSR count). The molecule has 2 aromatic rings. The number of phenolic OH excluding ortho intramolecular Hbond substituents is 1. The van der Waals surface area contributed by atoms with Gasteiger partial charge in [-0.25, -0.2) is 0 Å². The van der Waals surface area contributed by atoms with Crippen LogP contribution in [0.5, 0.6) is 5.75 Å². The topological polar surface area (TPSA) is 83.4 Å². The number of benzene rings is 1. The largest absolute Gasteiger partial charge is 0.508 e. The minimum Gasteiger partial charge on any atom is -0.508 e. The van der Waals surface area contributed by atoms with Crippen LogP contribution in [0.2, 0.25) is 0 Å². The van der Waals surface area contributed by atoms with Crippen LogP contribution >= 0.6 is 0 Å². The first-order valence-corrected chi connectivity index (χ1v) is 7.96. The molecular weight excluding hydrogens is 306 g/mol. The number of phenols is 1. The van der Waals surface area contributed by atoms with Gasteiger partial charge in [0.15, 0.2) is 0 Å². The number of nitrogens with zero attached hydrogens (tertiary/aromatic N) is 1. The Labute approximate surface area is 141 Å². The monoisotopic (exact) mass is 329 g/mol. The molecule has 0 aliphatic rings. The second-order valence-electron chi connectivity index (χ2n) is 5.59. The lowest BCUT2D eigenvalue weighted by molar-refractivity contribution is 0.0927. The summed E-state index contributed by atoms with van der Waals surface area (Å²) in [7, 11) is 0. The molecule has 24 heavy (non-hydrogen) atoms. The summed E-state index contributed by atoms with van der Waals surface area (Å²) in [6.07, 6.45) is 0. The Balaban J connectivity index is 1.83. The number of rotatable bonds is 6. The third-order valence-corrected chi connectivity index (χ3v) is 3.96. The van der Waals surface area contributed by atoms with Gasteiger partial charge in [-0.1, -0.05) is 0 Å². The van der Waals surface area contributed by atoms with E-state index in [4.69, 9.17) is 0 Å². The summed E-state index contributed by atoms with van der Waals surface area (Å²) in [5, 5.41) is 14.7. The Morgan fingerprint density at radius 3 is 2.17 bits per heavy atom. The average molecular weight is 329 g/mol. The first-order valence-electron chi connectivity index (χ1n) is 7.96. The molecule has 1 aromatic carbocycles. The molecule has 0 aliphatic carbocycles. The van der Waals surface area contributed by atoms with E-state index in [9.17, 15) is 14.7 Å². The number of hydrogen-bond donors (Lipinski definition) is 3. The molecule has 3 N–H and O–H groups in total. The van der Waals surface area contributed by atoms with Gasteiger partial charge in [-0.15, -0.1) is 0 Å². The number of aryl methyl sites for hydroxylation is 1. The van der Waals surface area contributed by atoms with Gasteiger partial charge in [0, 0.05) is 36.6 Å². The summed E-state index contributed by atoms with van der Waals surface area (Å²) in [6.45, 7) is 7.45. The van der Waals surface area contributed by atoms with E-state index >= 15 is 0 Å². The molecule has 0 saturated carbocycles. The number of aromatic nitrogens is 1. The molecule has 0 radical (unpaired) electrons. The Morgan fingerprint density at radius 2 is 1.62 bits per heavy atom. The lowest BCUT2D eigenvalue weighted by atomic mass is 10.2. The van der Waals surface area contributed by atoms with Gasteiger partial charge in [0.05, 0.1) is 5.56 Å². The first-order chi connectivity index (χ1) is 11.4. The highest BCUT2D eigenvalue weighted by atomic mass is 16.3. The van der Waals surface area contributed by atoms with Gasteiger partial charge in [0.25, 0.3) is 11.8 Å². The molecule has 6 heteroatoms. The third kappa shape index (κ3) is 3.95. The second kappa shape index (κ2) is 7.68. The summed E-state index contributed by atoms with van der Waals surface area (Å²) in [4.78, 5) is 24.1. The van der Waals surface area contributed by atoms with Crippen molar-refractivity contribution in [3.63, 3.8) is 0 Å². The molecule has 0 spiro atoms. The van der Waals surface area contributed by atoms with Crippen LogP contribution in [0.15, 0.2) is 30.3 Å². The average Bonchev–Trinajstić information content (AvgIpc) is 2.85. The number of amides is 2. The maximum Gasteiger partial charge on any atom is 0.253 e. The van der Waals surface area contributed by atoms with Crippen molar-refractivity contribution in [2.45, 2.75) is 27.3 Å². The summed E-state index contributed by atoms with van der Waals surface area (Å²) in [5.74, 6) is -0.265. The van der Waals surface area contributed by atoms with Crippen LogP contribution < -0.4 is 10.6 Å². The molecule has 0 unspecified atom stereocenters. The van der Waals surface area contributed by atoms with E-state index in [1.54, 1.807) is 12.1 Å². The van der Waals surface area contributed by atoms with E-state index < -0.39 is 0 Å². The number of aromatic hydroxyl groups is 1. The van der Waals surface area contributed by atoms with Gasteiger partial charge in [-0.2, -0.15) is 0 Å². The van der Waals surface area contributed by atoms with Crippen LogP contribution in [0.1, 0.15) is 39.0 Å². The highest BCUT2D eigenvalue weighted by Gasteiger charge is 2.14. The van der Waals surface area contributed by atoms with E-state index in [-0.39, 0.29) is 17.6 Å². The fraction of sp³-hybridized carbons (Fsp3) is 0.333. The summed E-state index contributed by atoms with van der Waals surface area (Å²) >= 11 is 0. The van der Waals surface area contributed by atoms with Crippen molar-refractivity contribution in [1.82, 2.24) is 15.2 Å². The van der Waals surface area contributed by atoms with Crippen molar-refractivity contribution in [1.29, 1.82) is 0 Å². The van der Waals surface area contributed by atoms with Crippen molar-refractivity contribution in [3.8, 4) is 5.75 Å². The zero-order valence-electron chi connectivity index (χ0n) is 14.2. The van der Waals surface area contributed by atoms with Crippen molar-refractivity contribution in [2.24, 2.45) is 0 Å². The third-order valence-electron chi connectivity index (χ3n) is 3.96. The highest BCUT2D eigenvalue weighted by molar-refractivity contribution is 5.96. The van der Waals surface area contributed by atoms with E-state index in [1.807, 2.05) is 26.8 Å². The van der Waals surface area contributed by atoms with Crippen molar-refractivity contribution < 1.29 is 14.7 Å². The number of carbonyl (C=O) groups is 2. The van der Waals surface area contributed by atoms with Gasteiger partial charge in [0.1, 0.15) is 5.75 Å². The Kier molecular flexibility index (Phi) is 5.63. The van der Waals surface area contributed by atoms with Crippen LogP contribution in [-0.2, 0) is 6.54 Å². The predicted molar refractivity (Wildman–Crippen MR) is 92.4 cm³/mol. The maximum atomic E-state index is 12.2. The molecule has 0 aliphatic heterocycles. The first kappa shape index (κ1) is 17.6. The zero-order chi connectivity index (χ0) is 17.7. The van der Waals surface area contributed by atoms with E-state index in [1.165, 1.54) is 12.1 Å². The van der Waals surface area contributed by atoms with E-state index in [2.05, 4.69) is 15.2 Å². The molecule has 1 heterocycles. The summed E-state index contributed by atoms with van der Waals surface area (Å²) < 4.78 is 2.08. The van der Waals surface area contributed by atoms with Gasteiger partial charge in [-0.05, 0) is 51.1 Å². The zero-order valence-corrected chi connectivity index (χ0v) is 14.2. The smallest absolute Gasteiger partial charge is 0.253 e. The summed E-state index contributed by atoms with van der Waals surface area (Å²) in [6, 6.07) is 7.88. The Morgan fingerprint density at radius 1 is 1.04 bits per heavy atom. The van der Waals surface area contributed by atoms with Crippen LogP contribution in [0.4, 0.5) is 0 Å². The normalized spacial score (nSPS) is 10.5. The van der Waals surface area contributed by atoms with Crippen LogP contribution in [0, 0.1) is 13.8 Å². The van der Waals surface area contributed by atoms with Crippen LogP contribution in [-0.4, -0.2) is 34.6 Å². The Bertz CT molecular complexity index is 733. The molecule has 0 saturated heterocycles. The summed E-state index contributed by atoms with van der Waals surface area (Å²) in [5.41, 5.74) is 3.13. The quantitative estimate of drug-likeness (QED) is 0.709. The minimum absolute atomic E-state index is 0.114. The molecule has 0 bridgehead atoms. The lowest BCUT2D eigenvalue weighted by Crippen LogP contribution is -2.34. The fourth-order valence-corrected chi connectivity index (χ4v) is 2.68. The van der Waals surface area contributed by atoms with Crippen molar-refractivity contribution in [2.75, 3.05) is 13.1 Å². The molecule has 2 amide bonds. The fourth-order valence-electron chi connectivity index (χ4n) is 2.68. The van der Waals surface area contributed by atoms with Crippen molar-refractivity contribution >= 4 is 11.8 Å². The molecule has 6 nitrogen and oxygen atoms in total. The number of nitrogens with one attached hydrogen (secondary N) is 2. The van der Waals surface area contributed by atoms with E-state index in [0.29, 0.717) is 24.2 Å². The van der Waals surface area contributed by atoms with Gasteiger partial charge < -0.3 is 20.3 Å². The number of hydrogen-bond acceptors (Lipinski definition) is 3. The van der Waals surface area contributed by atoms with Crippen molar-refractivity contribution in [3.05, 3.63) is 52.8 Å². The van der Waals surface area contributed by atoms with E-state index in [0.717, 1.165) is 17.9 Å². The molecule has 0 atom stereocenters. The molecule has 1 aromatic heterocycles. The van der Waals surface area contributed by atoms with Crippen LogP contribution in [0.25, 0.3) is 0 Å². The lowest BCUT2D eigenvalue weighted by Gasteiger charge is -2.08. The molecule has 128 valence electrons.